The van der Waals surface area contributed by atoms with Crippen LogP contribution >= 0.6 is 0 Å². The molecule has 1 fully saturated rings. The average Bonchev–Trinajstić information content (AvgIpc) is 3.22. The average molecular weight is 324 g/mol. The molecule has 0 saturated carbocycles. The second-order valence-electron chi connectivity index (χ2n) is 6.37. The summed E-state index contributed by atoms with van der Waals surface area (Å²) >= 11 is 0. The van der Waals surface area contributed by atoms with Gasteiger partial charge in [-0.05, 0) is 44.1 Å². The predicted octanol–water partition coefficient (Wildman–Crippen LogP) is 3.52. The fraction of sp³-hybridized carbons (Fsp3) is 0.316. The van der Waals surface area contributed by atoms with E-state index in [1.54, 1.807) is 6.26 Å². The molecule has 3 aromatic rings. The molecule has 1 aliphatic heterocycles. The van der Waals surface area contributed by atoms with Crippen LogP contribution < -0.4 is 0 Å². The fourth-order valence-corrected chi connectivity index (χ4v) is 3.55. The maximum absolute atomic E-state index is 11.1. The standard InChI is InChI=1S/C19H20N2O3/c22-19(23)14-7-9-20(10-8-14)13-16-12-15-4-1-2-5-17(15)21(16)18-6-3-11-24-18/h1-6,11-12,14H,7-10,13H2,(H,22,23). The molecule has 0 atom stereocenters. The van der Waals surface area contributed by atoms with Crippen LogP contribution in [0.25, 0.3) is 16.8 Å². The van der Waals surface area contributed by atoms with Crippen LogP contribution in [0.2, 0.25) is 0 Å². The molecule has 0 unspecified atom stereocenters. The Labute approximate surface area is 140 Å². The number of hydrogen-bond acceptors (Lipinski definition) is 3. The summed E-state index contributed by atoms with van der Waals surface area (Å²) in [4.78, 5) is 13.4. The number of fused-ring (bicyclic) bond motifs is 1. The number of carbonyl (C=O) groups is 1. The van der Waals surface area contributed by atoms with E-state index in [0.29, 0.717) is 0 Å². The molecule has 124 valence electrons. The Bertz CT molecular complexity index is 843. The lowest BCUT2D eigenvalue weighted by Crippen LogP contribution is -2.36. The Morgan fingerprint density at radius 2 is 1.96 bits per heavy atom. The van der Waals surface area contributed by atoms with E-state index in [1.807, 2.05) is 24.3 Å². The molecule has 0 radical (unpaired) electrons. The van der Waals surface area contributed by atoms with Gasteiger partial charge in [0.1, 0.15) is 0 Å². The number of piperidine rings is 1. The lowest BCUT2D eigenvalue weighted by atomic mass is 9.97. The van der Waals surface area contributed by atoms with Gasteiger partial charge in [-0.1, -0.05) is 18.2 Å². The van der Waals surface area contributed by atoms with Gasteiger partial charge in [0.25, 0.3) is 0 Å². The smallest absolute Gasteiger partial charge is 0.306 e. The number of aromatic nitrogens is 1. The Morgan fingerprint density at radius 3 is 2.67 bits per heavy atom. The van der Waals surface area contributed by atoms with Crippen molar-refractivity contribution in [3.63, 3.8) is 0 Å². The zero-order valence-electron chi connectivity index (χ0n) is 13.4. The molecule has 0 aliphatic carbocycles. The highest BCUT2D eigenvalue weighted by atomic mass is 16.4. The van der Waals surface area contributed by atoms with Crippen LogP contribution in [-0.4, -0.2) is 33.6 Å². The van der Waals surface area contributed by atoms with E-state index >= 15 is 0 Å². The van der Waals surface area contributed by atoms with E-state index in [0.717, 1.165) is 43.9 Å². The first-order chi connectivity index (χ1) is 11.7. The Kier molecular flexibility index (Phi) is 3.86. The van der Waals surface area contributed by atoms with Crippen molar-refractivity contribution in [3.8, 4) is 5.88 Å². The third kappa shape index (κ3) is 2.71. The van der Waals surface area contributed by atoms with Gasteiger partial charge in [-0.25, -0.2) is 0 Å². The molecule has 24 heavy (non-hydrogen) atoms. The van der Waals surface area contributed by atoms with Gasteiger partial charge < -0.3 is 9.52 Å². The van der Waals surface area contributed by atoms with Crippen LogP contribution in [0.5, 0.6) is 0 Å². The number of furan rings is 1. The molecule has 2 aromatic heterocycles. The molecule has 4 rings (SSSR count). The third-order valence-electron chi connectivity index (χ3n) is 4.84. The minimum atomic E-state index is -0.667. The number of nitrogens with zero attached hydrogens (tertiary/aromatic N) is 2. The monoisotopic (exact) mass is 324 g/mol. The number of para-hydroxylation sites is 1. The molecule has 0 amide bonds. The van der Waals surface area contributed by atoms with Crippen LogP contribution in [0.1, 0.15) is 18.5 Å². The summed E-state index contributed by atoms with van der Waals surface area (Å²) in [5.74, 6) is -0.0526. The number of hydrogen-bond donors (Lipinski definition) is 1. The zero-order valence-corrected chi connectivity index (χ0v) is 13.4. The summed E-state index contributed by atoms with van der Waals surface area (Å²) in [5, 5.41) is 10.3. The summed E-state index contributed by atoms with van der Waals surface area (Å²) in [6.45, 7) is 2.43. The molecule has 5 nitrogen and oxygen atoms in total. The van der Waals surface area contributed by atoms with Gasteiger partial charge in [-0.15, -0.1) is 0 Å². The Hall–Kier alpha value is -2.53. The number of aliphatic carboxylic acids is 1. The number of carboxylic acids is 1. The number of rotatable bonds is 4. The van der Waals surface area contributed by atoms with Gasteiger partial charge in [-0.2, -0.15) is 0 Å². The summed E-state index contributed by atoms with van der Waals surface area (Å²) in [6, 6.07) is 14.3. The first kappa shape index (κ1) is 15.0. The summed E-state index contributed by atoms with van der Waals surface area (Å²) in [7, 11) is 0. The van der Waals surface area contributed by atoms with Crippen molar-refractivity contribution in [3.05, 3.63) is 54.4 Å². The van der Waals surface area contributed by atoms with Crippen molar-refractivity contribution >= 4 is 16.9 Å². The van der Waals surface area contributed by atoms with Crippen molar-refractivity contribution in [2.24, 2.45) is 5.92 Å². The van der Waals surface area contributed by atoms with Crippen LogP contribution in [0.3, 0.4) is 0 Å². The molecule has 5 heteroatoms. The van der Waals surface area contributed by atoms with Gasteiger partial charge in [0, 0.05) is 23.7 Å². The van der Waals surface area contributed by atoms with E-state index in [9.17, 15) is 4.79 Å². The summed E-state index contributed by atoms with van der Waals surface area (Å²) < 4.78 is 7.78. The minimum Gasteiger partial charge on any atom is -0.481 e. The van der Waals surface area contributed by atoms with Gasteiger partial charge >= 0.3 is 5.97 Å². The van der Waals surface area contributed by atoms with Crippen LogP contribution in [-0.2, 0) is 11.3 Å². The van der Waals surface area contributed by atoms with E-state index in [-0.39, 0.29) is 5.92 Å². The lowest BCUT2D eigenvalue weighted by Gasteiger charge is -2.30. The molecular weight excluding hydrogens is 304 g/mol. The van der Waals surface area contributed by atoms with E-state index in [1.165, 1.54) is 11.1 Å². The molecule has 0 bridgehead atoms. The number of carboxylic acid groups (broad SMARTS) is 1. The molecule has 3 heterocycles. The Morgan fingerprint density at radius 1 is 1.17 bits per heavy atom. The summed E-state index contributed by atoms with van der Waals surface area (Å²) in [5.41, 5.74) is 2.29. The first-order valence-corrected chi connectivity index (χ1v) is 8.31. The predicted molar refractivity (Wildman–Crippen MR) is 91.2 cm³/mol. The molecule has 1 aromatic carbocycles. The van der Waals surface area contributed by atoms with E-state index < -0.39 is 5.97 Å². The number of benzene rings is 1. The van der Waals surface area contributed by atoms with Gasteiger partial charge in [0.05, 0.1) is 17.7 Å². The highest BCUT2D eigenvalue weighted by Crippen LogP contribution is 2.27. The first-order valence-electron chi connectivity index (χ1n) is 8.31. The fourth-order valence-electron chi connectivity index (χ4n) is 3.55. The van der Waals surface area contributed by atoms with Crippen molar-refractivity contribution in [2.45, 2.75) is 19.4 Å². The quantitative estimate of drug-likeness (QED) is 0.798. The second kappa shape index (κ2) is 6.17. The molecule has 1 N–H and O–H groups in total. The topological polar surface area (TPSA) is 58.6 Å². The van der Waals surface area contributed by atoms with Crippen molar-refractivity contribution in [1.29, 1.82) is 0 Å². The molecular formula is C19H20N2O3. The third-order valence-corrected chi connectivity index (χ3v) is 4.84. The molecule has 1 saturated heterocycles. The largest absolute Gasteiger partial charge is 0.481 e. The molecule has 1 aliphatic rings. The summed E-state index contributed by atoms with van der Waals surface area (Å²) in [6.07, 6.45) is 3.12. The van der Waals surface area contributed by atoms with Crippen LogP contribution in [0, 0.1) is 5.92 Å². The molecule has 0 spiro atoms. The SMILES string of the molecule is O=C(O)C1CCN(Cc2cc3ccccc3n2-c2ccco2)CC1. The normalized spacial score (nSPS) is 16.7. The highest BCUT2D eigenvalue weighted by Gasteiger charge is 2.25. The van der Waals surface area contributed by atoms with E-state index in [2.05, 4.69) is 27.7 Å². The van der Waals surface area contributed by atoms with Gasteiger partial charge in [0.15, 0.2) is 0 Å². The zero-order chi connectivity index (χ0) is 16.5. The van der Waals surface area contributed by atoms with Crippen molar-refractivity contribution in [2.75, 3.05) is 13.1 Å². The van der Waals surface area contributed by atoms with Crippen LogP contribution in [0.4, 0.5) is 0 Å². The van der Waals surface area contributed by atoms with Crippen LogP contribution in [0.15, 0.2) is 53.1 Å². The highest BCUT2D eigenvalue weighted by molar-refractivity contribution is 5.82. The van der Waals surface area contributed by atoms with Crippen molar-refractivity contribution in [1.82, 2.24) is 9.47 Å². The van der Waals surface area contributed by atoms with Crippen molar-refractivity contribution < 1.29 is 14.3 Å². The minimum absolute atomic E-state index is 0.197. The Balaban J connectivity index is 1.63. The van der Waals surface area contributed by atoms with Gasteiger partial charge in [-0.3, -0.25) is 14.3 Å². The second-order valence-corrected chi connectivity index (χ2v) is 6.37. The lowest BCUT2D eigenvalue weighted by molar-refractivity contribution is -0.143. The van der Waals surface area contributed by atoms with Gasteiger partial charge in [0.2, 0.25) is 5.88 Å². The number of likely N-dealkylation sites (tertiary alicyclic amines) is 1. The maximum atomic E-state index is 11.1. The van der Waals surface area contributed by atoms with E-state index in [4.69, 9.17) is 9.52 Å². The maximum Gasteiger partial charge on any atom is 0.306 e.